The average Bonchev–Trinajstić information content (AvgIpc) is 3.27. The zero-order valence-electron chi connectivity index (χ0n) is 17.4. The molecule has 0 aliphatic rings. The zero-order valence-corrected chi connectivity index (χ0v) is 19.7. The van der Waals surface area contributed by atoms with Gasteiger partial charge in [0.1, 0.15) is 0 Å². The van der Waals surface area contributed by atoms with Crippen LogP contribution in [0.25, 0.3) is 5.69 Å². The molecule has 7 nitrogen and oxygen atoms in total. The number of nitrogens with one attached hydrogen (secondary N) is 2. The molecule has 8 heteroatoms. The van der Waals surface area contributed by atoms with E-state index in [1.807, 2.05) is 42.1 Å². The third-order valence-electron chi connectivity index (χ3n) is 4.50. The Kier molecular flexibility index (Phi) is 8.97. The van der Waals surface area contributed by atoms with Crippen molar-refractivity contribution in [3.63, 3.8) is 0 Å². The molecule has 0 fully saturated rings. The summed E-state index contributed by atoms with van der Waals surface area (Å²) in [5.41, 5.74) is 3.04. The van der Waals surface area contributed by atoms with Gasteiger partial charge in [0.15, 0.2) is 17.5 Å². The van der Waals surface area contributed by atoms with Crippen LogP contribution in [0.1, 0.15) is 31.0 Å². The third-order valence-corrected chi connectivity index (χ3v) is 4.50. The highest BCUT2D eigenvalue weighted by molar-refractivity contribution is 14.0. The highest BCUT2D eigenvalue weighted by Gasteiger charge is 2.10. The van der Waals surface area contributed by atoms with Gasteiger partial charge in [-0.05, 0) is 55.3 Å². The Morgan fingerprint density at radius 1 is 1.23 bits per heavy atom. The molecule has 0 aliphatic carbocycles. The van der Waals surface area contributed by atoms with Gasteiger partial charge in [-0.1, -0.05) is 18.2 Å². The fraction of sp³-hybridized carbons (Fsp3) is 0.273. The first kappa shape index (κ1) is 23.5. The van der Waals surface area contributed by atoms with Crippen LogP contribution in [-0.2, 0) is 6.54 Å². The van der Waals surface area contributed by atoms with E-state index in [2.05, 4.69) is 39.8 Å². The molecule has 3 N–H and O–H groups in total. The summed E-state index contributed by atoms with van der Waals surface area (Å²) in [4.78, 5) is 4.64. The number of aromatic hydroxyl groups is 1. The monoisotopic (exact) mass is 521 g/mol. The van der Waals surface area contributed by atoms with Crippen LogP contribution >= 0.6 is 24.0 Å². The SMILES string of the molecule is CCNC(=NCc1ccc(OC)c(O)c1)NC(C)c1cccc(-n2cccn2)c1.I. The summed E-state index contributed by atoms with van der Waals surface area (Å²) >= 11 is 0. The summed E-state index contributed by atoms with van der Waals surface area (Å²) < 4.78 is 6.92. The molecule has 1 aromatic heterocycles. The standard InChI is InChI=1S/C22H27N5O2.HI/c1-4-23-22(24-15-17-9-10-21(29-3)20(28)13-17)26-16(2)18-7-5-8-19(14-18)27-12-6-11-25-27;/h5-14,16,28H,4,15H2,1-3H3,(H2,23,24,26);1H. The van der Waals surface area contributed by atoms with E-state index in [9.17, 15) is 5.11 Å². The topological polar surface area (TPSA) is 83.7 Å². The lowest BCUT2D eigenvalue weighted by Crippen LogP contribution is -2.38. The number of aromatic nitrogens is 2. The maximum absolute atomic E-state index is 9.95. The summed E-state index contributed by atoms with van der Waals surface area (Å²) in [5, 5.41) is 20.9. The molecule has 3 rings (SSSR count). The number of benzene rings is 2. The number of phenols is 1. The first-order valence-corrected chi connectivity index (χ1v) is 9.61. The molecule has 1 atom stereocenters. The lowest BCUT2D eigenvalue weighted by Gasteiger charge is -2.19. The van der Waals surface area contributed by atoms with Crippen LogP contribution in [0.4, 0.5) is 0 Å². The molecule has 0 saturated heterocycles. The molecule has 1 unspecified atom stereocenters. The number of hydrogen-bond acceptors (Lipinski definition) is 4. The van der Waals surface area contributed by atoms with Gasteiger partial charge in [-0.25, -0.2) is 9.67 Å². The minimum atomic E-state index is 0. The summed E-state index contributed by atoms with van der Waals surface area (Å²) in [5.74, 6) is 1.27. The molecule has 0 spiro atoms. The van der Waals surface area contributed by atoms with Gasteiger partial charge < -0.3 is 20.5 Å². The fourth-order valence-electron chi connectivity index (χ4n) is 2.97. The lowest BCUT2D eigenvalue weighted by molar-refractivity contribution is 0.373. The smallest absolute Gasteiger partial charge is 0.192 e. The summed E-state index contributed by atoms with van der Waals surface area (Å²) in [6.45, 7) is 5.31. The maximum atomic E-state index is 9.95. The molecule has 0 bridgehead atoms. The Morgan fingerprint density at radius 2 is 2.07 bits per heavy atom. The molecule has 0 amide bonds. The second kappa shape index (κ2) is 11.4. The first-order valence-electron chi connectivity index (χ1n) is 9.61. The number of hydrogen-bond donors (Lipinski definition) is 3. The van der Waals surface area contributed by atoms with Gasteiger partial charge in [-0.15, -0.1) is 24.0 Å². The molecule has 2 aromatic carbocycles. The van der Waals surface area contributed by atoms with Crippen LogP contribution in [0.2, 0.25) is 0 Å². The first-order chi connectivity index (χ1) is 14.1. The van der Waals surface area contributed by atoms with E-state index in [1.165, 1.54) is 7.11 Å². The van der Waals surface area contributed by atoms with E-state index in [4.69, 9.17) is 4.74 Å². The summed E-state index contributed by atoms with van der Waals surface area (Å²) in [6, 6.07) is 15.5. The highest BCUT2D eigenvalue weighted by Crippen LogP contribution is 2.26. The highest BCUT2D eigenvalue weighted by atomic mass is 127. The number of phenolic OH excluding ortho intramolecular Hbond substituents is 1. The van der Waals surface area contributed by atoms with E-state index in [-0.39, 0.29) is 35.8 Å². The Balaban J connectivity index is 0.00000320. The largest absolute Gasteiger partial charge is 0.504 e. The van der Waals surface area contributed by atoms with Gasteiger partial charge in [0.25, 0.3) is 0 Å². The summed E-state index contributed by atoms with van der Waals surface area (Å²) in [6.07, 6.45) is 3.69. The molecule has 160 valence electrons. The predicted octanol–water partition coefficient (Wildman–Crippen LogP) is 4.02. The molecule has 30 heavy (non-hydrogen) atoms. The molecule has 0 saturated carbocycles. The van der Waals surface area contributed by atoms with Crippen molar-refractivity contribution in [1.82, 2.24) is 20.4 Å². The molecular weight excluding hydrogens is 493 g/mol. The molecule has 1 heterocycles. The van der Waals surface area contributed by atoms with Gasteiger partial charge >= 0.3 is 0 Å². The number of guanidine groups is 1. The average molecular weight is 521 g/mol. The Morgan fingerprint density at radius 3 is 2.73 bits per heavy atom. The Hall–Kier alpha value is -2.75. The van der Waals surface area contributed by atoms with Crippen LogP contribution < -0.4 is 15.4 Å². The number of aliphatic imine (C=N–C) groups is 1. The van der Waals surface area contributed by atoms with Crippen molar-refractivity contribution in [2.75, 3.05) is 13.7 Å². The zero-order chi connectivity index (χ0) is 20.6. The number of ether oxygens (including phenoxy) is 1. The van der Waals surface area contributed by atoms with Gasteiger partial charge in [-0.3, -0.25) is 0 Å². The van der Waals surface area contributed by atoms with E-state index >= 15 is 0 Å². The Labute approximate surface area is 194 Å². The van der Waals surface area contributed by atoms with Crippen LogP contribution in [-0.4, -0.2) is 34.5 Å². The minimum Gasteiger partial charge on any atom is -0.504 e. The number of rotatable bonds is 7. The molecular formula is C22H28IN5O2. The van der Waals surface area contributed by atoms with Gasteiger partial charge in [-0.2, -0.15) is 5.10 Å². The predicted molar refractivity (Wildman–Crippen MR) is 130 cm³/mol. The van der Waals surface area contributed by atoms with Gasteiger partial charge in [0, 0.05) is 18.9 Å². The third kappa shape index (κ3) is 6.12. The van der Waals surface area contributed by atoms with Crippen molar-refractivity contribution < 1.29 is 9.84 Å². The fourth-order valence-corrected chi connectivity index (χ4v) is 2.97. The van der Waals surface area contributed by atoms with Crippen molar-refractivity contribution in [2.24, 2.45) is 4.99 Å². The molecule has 3 aromatic rings. The number of halogens is 1. The maximum Gasteiger partial charge on any atom is 0.192 e. The van der Waals surface area contributed by atoms with E-state index in [0.717, 1.165) is 23.4 Å². The van der Waals surface area contributed by atoms with Crippen LogP contribution in [0, 0.1) is 0 Å². The van der Waals surface area contributed by atoms with E-state index < -0.39 is 0 Å². The number of methoxy groups -OCH3 is 1. The van der Waals surface area contributed by atoms with Crippen molar-refractivity contribution in [1.29, 1.82) is 0 Å². The normalized spacial score (nSPS) is 12.0. The van der Waals surface area contributed by atoms with E-state index in [1.54, 1.807) is 18.3 Å². The van der Waals surface area contributed by atoms with E-state index in [0.29, 0.717) is 18.3 Å². The quantitative estimate of drug-likeness (QED) is 0.249. The summed E-state index contributed by atoms with van der Waals surface area (Å²) in [7, 11) is 1.53. The van der Waals surface area contributed by atoms with Crippen LogP contribution in [0.15, 0.2) is 65.9 Å². The minimum absolute atomic E-state index is 0. The second-order valence-electron chi connectivity index (χ2n) is 6.61. The lowest BCUT2D eigenvalue weighted by atomic mass is 10.1. The van der Waals surface area contributed by atoms with Crippen molar-refractivity contribution in [2.45, 2.75) is 26.4 Å². The Bertz CT molecular complexity index is 960. The van der Waals surface area contributed by atoms with Crippen molar-refractivity contribution >= 4 is 29.9 Å². The van der Waals surface area contributed by atoms with Crippen LogP contribution in [0.3, 0.4) is 0 Å². The second-order valence-corrected chi connectivity index (χ2v) is 6.61. The van der Waals surface area contributed by atoms with Crippen LogP contribution in [0.5, 0.6) is 11.5 Å². The van der Waals surface area contributed by atoms with Crippen molar-refractivity contribution in [3.05, 3.63) is 72.1 Å². The number of nitrogens with zero attached hydrogens (tertiary/aromatic N) is 3. The van der Waals surface area contributed by atoms with Gasteiger partial charge in [0.2, 0.25) is 0 Å². The van der Waals surface area contributed by atoms with Gasteiger partial charge in [0.05, 0.1) is 25.4 Å². The molecule has 0 radical (unpaired) electrons. The van der Waals surface area contributed by atoms with Crippen molar-refractivity contribution in [3.8, 4) is 17.2 Å². The molecule has 0 aliphatic heterocycles.